The number of rotatable bonds is 4. The fourth-order valence-electron chi connectivity index (χ4n) is 3.36. The molecule has 3 rings (SSSR count). The molecule has 1 aromatic rings. The van der Waals surface area contributed by atoms with Crippen molar-refractivity contribution in [3.8, 4) is 0 Å². The predicted molar refractivity (Wildman–Crippen MR) is 88.0 cm³/mol. The topological polar surface area (TPSA) is 65.5 Å². The van der Waals surface area contributed by atoms with Gasteiger partial charge in [0.2, 0.25) is 0 Å². The maximum atomic E-state index is 12.3. The van der Waals surface area contributed by atoms with Crippen LogP contribution in [0.15, 0.2) is 24.5 Å². The summed E-state index contributed by atoms with van der Waals surface area (Å²) in [4.78, 5) is 18.7. The molecular weight excluding hydrogens is 298 g/mol. The quantitative estimate of drug-likeness (QED) is 0.866. The first-order valence-corrected chi connectivity index (χ1v) is 9.07. The molecule has 0 aliphatic carbocycles. The van der Waals surface area contributed by atoms with Gasteiger partial charge in [-0.1, -0.05) is 0 Å². The minimum Gasteiger partial charge on any atom is -0.396 e. The van der Waals surface area contributed by atoms with Crippen molar-refractivity contribution in [1.29, 1.82) is 0 Å². The van der Waals surface area contributed by atoms with E-state index < -0.39 is 0 Å². The van der Waals surface area contributed by atoms with E-state index in [1.165, 1.54) is 24.3 Å². The number of nitrogens with zero attached hydrogens (tertiary/aromatic N) is 2. The van der Waals surface area contributed by atoms with E-state index >= 15 is 0 Å². The van der Waals surface area contributed by atoms with Crippen LogP contribution in [-0.4, -0.2) is 64.2 Å². The Labute approximate surface area is 135 Å². The Balaban J connectivity index is 1.61. The Morgan fingerprint density at radius 3 is 2.73 bits per heavy atom. The number of hydrogen-bond donors (Lipinski definition) is 2. The largest absolute Gasteiger partial charge is 0.396 e. The van der Waals surface area contributed by atoms with Gasteiger partial charge in [0, 0.05) is 55.7 Å². The van der Waals surface area contributed by atoms with Gasteiger partial charge in [-0.05, 0) is 36.5 Å². The average Bonchev–Trinajstić information content (AvgIpc) is 2.99. The first kappa shape index (κ1) is 15.8. The molecule has 6 heteroatoms. The molecule has 1 amide bonds. The van der Waals surface area contributed by atoms with Crippen LogP contribution in [0.4, 0.5) is 0 Å². The molecule has 2 atom stereocenters. The highest BCUT2D eigenvalue weighted by Crippen LogP contribution is 2.27. The number of nitrogens with one attached hydrogen (secondary N) is 1. The lowest BCUT2D eigenvalue weighted by Crippen LogP contribution is -2.42. The summed E-state index contributed by atoms with van der Waals surface area (Å²) in [6.07, 6.45) is 5.68. The van der Waals surface area contributed by atoms with Gasteiger partial charge in [0.05, 0.1) is 0 Å². The molecule has 0 spiro atoms. The zero-order valence-electron chi connectivity index (χ0n) is 12.6. The number of hydrogen-bond acceptors (Lipinski definition) is 5. The molecule has 2 fully saturated rings. The van der Waals surface area contributed by atoms with Crippen LogP contribution in [0.5, 0.6) is 0 Å². The third-order valence-electron chi connectivity index (χ3n) is 4.67. The van der Waals surface area contributed by atoms with Crippen molar-refractivity contribution in [2.45, 2.75) is 24.9 Å². The van der Waals surface area contributed by atoms with Crippen LogP contribution in [0.1, 0.15) is 23.2 Å². The molecule has 0 radical (unpaired) electrons. The van der Waals surface area contributed by atoms with Crippen molar-refractivity contribution in [1.82, 2.24) is 15.2 Å². The van der Waals surface area contributed by atoms with Crippen molar-refractivity contribution < 1.29 is 9.90 Å². The van der Waals surface area contributed by atoms with E-state index in [-0.39, 0.29) is 24.5 Å². The van der Waals surface area contributed by atoms with E-state index in [4.69, 9.17) is 0 Å². The summed E-state index contributed by atoms with van der Waals surface area (Å²) in [6, 6.07) is 4.07. The van der Waals surface area contributed by atoms with Gasteiger partial charge in [0.1, 0.15) is 0 Å². The smallest absolute Gasteiger partial charge is 0.251 e. The Morgan fingerprint density at radius 2 is 2.05 bits per heavy atom. The van der Waals surface area contributed by atoms with Crippen molar-refractivity contribution in [3.63, 3.8) is 0 Å². The summed E-state index contributed by atoms with van der Waals surface area (Å²) in [5.41, 5.74) is 0.624. The normalized spacial score (nSPS) is 27.0. The van der Waals surface area contributed by atoms with Gasteiger partial charge in [-0.25, -0.2) is 0 Å². The average molecular weight is 321 g/mol. The first-order valence-electron chi connectivity index (χ1n) is 7.91. The van der Waals surface area contributed by atoms with E-state index in [0.717, 1.165) is 13.1 Å². The second kappa shape index (κ2) is 7.44. The number of aliphatic hydroxyl groups excluding tert-OH is 1. The van der Waals surface area contributed by atoms with Gasteiger partial charge in [-0.15, -0.1) is 0 Å². The van der Waals surface area contributed by atoms with Crippen LogP contribution in [0.2, 0.25) is 0 Å². The molecule has 0 bridgehead atoms. The van der Waals surface area contributed by atoms with E-state index in [1.807, 2.05) is 11.8 Å². The fourth-order valence-corrected chi connectivity index (χ4v) is 4.44. The third kappa shape index (κ3) is 3.62. The molecule has 1 aromatic heterocycles. The van der Waals surface area contributed by atoms with Crippen LogP contribution in [0.3, 0.4) is 0 Å². The minimum absolute atomic E-state index is 0.0280. The Hall–Kier alpha value is -1.11. The monoisotopic (exact) mass is 321 g/mol. The molecule has 120 valence electrons. The molecule has 5 nitrogen and oxygen atoms in total. The number of thioether (sulfide) groups is 1. The number of amides is 1. The van der Waals surface area contributed by atoms with Crippen LogP contribution in [-0.2, 0) is 0 Å². The van der Waals surface area contributed by atoms with Gasteiger partial charge in [-0.3, -0.25) is 14.7 Å². The zero-order chi connectivity index (χ0) is 15.4. The summed E-state index contributed by atoms with van der Waals surface area (Å²) >= 11 is 2.02. The van der Waals surface area contributed by atoms with E-state index in [0.29, 0.717) is 11.6 Å². The Morgan fingerprint density at radius 1 is 1.32 bits per heavy atom. The Kier molecular flexibility index (Phi) is 5.33. The first-order chi connectivity index (χ1) is 10.8. The molecule has 3 heterocycles. The molecule has 2 aliphatic heterocycles. The summed E-state index contributed by atoms with van der Waals surface area (Å²) in [7, 11) is 0. The molecular formula is C16H23N3O2S. The van der Waals surface area contributed by atoms with Crippen LogP contribution in [0.25, 0.3) is 0 Å². The lowest BCUT2D eigenvalue weighted by molar-refractivity contribution is 0.0920. The van der Waals surface area contributed by atoms with Gasteiger partial charge >= 0.3 is 0 Å². The van der Waals surface area contributed by atoms with Crippen molar-refractivity contribution in [2.75, 3.05) is 31.2 Å². The lowest BCUT2D eigenvalue weighted by Gasteiger charge is -2.30. The fraction of sp³-hybridized carbons (Fsp3) is 0.625. The second-order valence-corrected chi connectivity index (χ2v) is 7.28. The third-order valence-corrected chi connectivity index (χ3v) is 5.72. The maximum absolute atomic E-state index is 12.3. The van der Waals surface area contributed by atoms with Crippen LogP contribution in [0, 0.1) is 5.92 Å². The van der Waals surface area contributed by atoms with Gasteiger partial charge in [0.15, 0.2) is 0 Å². The van der Waals surface area contributed by atoms with Crippen molar-refractivity contribution in [3.05, 3.63) is 30.1 Å². The van der Waals surface area contributed by atoms with E-state index in [9.17, 15) is 9.90 Å². The zero-order valence-corrected chi connectivity index (χ0v) is 13.5. The molecule has 22 heavy (non-hydrogen) atoms. The van der Waals surface area contributed by atoms with Crippen molar-refractivity contribution >= 4 is 17.7 Å². The van der Waals surface area contributed by atoms with Gasteiger partial charge in [0.25, 0.3) is 5.91 Å². The van der Waals surface area contributed by atoms with Crippen LogP contribution < -0.4 is 5.32 Å². The number of aromatic nitrogens is 1. The van der Waals surface area contributed by atoms with Gasteiger partial charge < -0.3 is 10.4 Å². The Bertz CT molecular complexity index is 493. The molecule has 0 saturated carbocycles. The second-order valence-electron chi connectivity index (χ2n) is 6.06. The maximum Gasteiger partial charge on any atom is 0.251 e. The van der Waals surface area contributed by atoms with E-state index in [2.05, 4.69) is 15.2 Å². The summed E-state index contributed by atoms with van der Waals surface area (Å²) in [5, 5.41) is 12.7. The standard InChI is InChI=1S/C16H23N3O2S/c20-11-13-9-19(14-3-7-22-8-4-14)10-15(13)18-16(21)12-1-5-17-6-2-12/h1-2,5-6,13-15,20H,3-4,7-11H2,(H,18,21)/t13-,15+/m0/s1. The number of aliphatic hydroxyl groups is 1. The number of carbonyl (C=O) groups is 1. The molecule has 0 unspecified atom stereocenters. The predicted octanol–water partition coefficient (Wildman–Crippen LogP) is 1.000. The summed E-state index contributed by atoms with van der Waals surface area (Å²) < 4.78 is 0. The minimum atomic E-state index is -0.0769. The SMILES string of the molecule is O=C(N[C@@H]1CN(C2CCSCC2)C[C@H]1CO)c1ccncc1. The molecule has 0 aromatic carbocycles. The number of pyridine rings is 1. The highest BCUT2D eigenvalue weighted by molar-refractivity contribution is 7.99. The summed E-state index contributed by atoms with van der Waals surface area (Å²) in [6.45, 7) is 1.85. The number of carbonyl (C=O) groups excluding carboxylic acids is 1. The highest BCUT2D eigenvalue weighted by atomic mass is 32.2. The van der Waals surface area contributed by atoms with Crippen LogP contribution >= 0.6 is 11.8 Å². The van der Waals surface area contributed by atoms with Crippen molar-refractivity contribution in [2.24, 2.45) is 5.92 Å². The molecule has 2 aliphatic rings. The molecule has 2 saturated heterocycles. The summed E-state index contributed by atoms with van der Waals surface area (Å²) in [5.74, 6) is 2.49. The highest BCUT2D eigenvalue weighted by Gasteiger charge is 2.36. The van der Waals surface area contributed by atoms with Gasteiger partial charge in [-0.2, -0.15) is 11.8 Å². The van der Waals surface area contributed by atoms with E-state index in [1.54, 1.807) is 24.5 Å². The lowest BCUT2D eigenvalue weighted by atomic mass is 10.0. The molecule has 2 N–H and O–H groups in total. The number of likely N-dealkylation sites (tertiary alicyclic amines) is 1.